The largest absolute Gasteiger partial charge is 0.351 e. The third kappa shape index (κ3) is 5.54. The molecule has 0 radical (unpaired) electrons. The van der Waals surface area contributed by atoms with Crippen LogP contribution in [0.2, 0.25) is 0 Å². The molecule has 5 rings (SSSR count). The average Bonchev–Trinajstić information content (AvgIpc) is 2.88. The van der Waals surface area contributed by atoms with E-state index >= 15 is 0 Å². The second-order valence-corrected chi connectivity index (χ2v) is 10.2. The number of hydrogen-bond acceptors (Lipinski definition) is 7. The molecule has 1 unspecified atom stereocenters. The van der Waals surface area contributed by atoms with Crippen molar-refractivity contribution >= 4 is 17.7 Å². The molecule has 0 spiro atoms. The summed E-state index contributed by atoms with van der Waals surface area (Å²) < 4.78 is 1.72. The molecule has 1 aliphatic heterocycles. The molecule has 4 aromatic rings. The first kappa shape index (κ1) is 24.6. The Labute approximate surface area is 217 Å². The van der Waals surface area contributed by atoms with E-state index in [1.807, 2.05) is 55.1 Å². The Morgan fingerprint density at radius 1 is 1.03 bits per heavy atom. The molecule has 0 aliphatic carbocycles. The van der Waals surface area contributed by atoms with Crippen LogP contribution in [0.1, 0.15) is 38.3 Å². The van der Waals surface area contributed by atoms with Crippen molar-refractivity contribution in [3.8, 4) is 11.3 Å². The van der Waals surface area contributed by atoms with Crippen molar-refractivity contribution < 1.29 is 0 Å². The normalized spacial score (nSPS) is 14.2. The zero-order valence-corrected chi connectivity index (χ0v) is 21.6. The number of rotatable bonds is 7. The van der Waals surface area contributed by atoms with Crippen LogP contribution in [0, 0.1) is 0 Å². The fourth-order valence-corrected chi connectivity index (χ4v) is 4.66. The summed E-state index contributed by atoms with van der Waals surface area (Å²) in [5.41, 5.74) is 9.73. The lowest BCUT2D eigenvalue weighted by Crippen LogP contribution is -2.36. The van der Waals surface area contributed by atoms with Crippen LogP contribution in [0.25, 0.3) is 11.3 Å². The third-order valence-corrected chi connectivity index (χ3v) is 6.57. The zero-order valence-electron chi connectivity index (χ0n) is 21.6. The van der Waals surface area contributed by atoms with Crippen LogP contribution in [-0.2, 0) is 18.5 Å². The number of aromatic nitrogens is 4. The topological polar surface area (TPSA) is 102 Å². The highest BCUT2D eigenvalue weighted by Crippen LogP contribution is 2.28. The van der Waals surface area contributed by atoms with E-state index in [0.717, 1.165) is 30.5 Å². The highest BCUT2D eigenvalue weighted by atomic mass is 16.1. The van der Waals surface area contributed by atoms with Crippen molar-refractivity contribution in [1.29, 1.82) is 0 Å². The van der Waals surface area contributed by atoms with Crippen LogP contribution in [-0.4, -0.2) is 32.1 Å². The van der Waals surface area contributed by atoms with Gasteiger partial charge in [0.15, 0.2) is 0 Å². The molecule has 2 aromatic heterocycles. The highest BCUT2D eigenvalue weighted by molar-refractivity contribution is 5.63. The smallest absolute Gasteiger partial charge is 0.255 e. The summed E-state index contributed by atoms with van der Waals surface area (Å²) in [6, 6.07) is 21.7. The monoisotopic (exact) mass is 495 g/mol. The molecule has 190 valence electrons. The van der Waals surface area contributed by atoms with Crippen molar-refractivity contribution in [1.82, 2.24) is 19.5 Å². The molecule has 8 nitrogen and oxygen atoms in total. The Morgan fingerprint density at radius 3 is 2.62 bits per heavy atom. The van der Waals surface area contributed by atoms with Gasteiger partial charge in [0.2, 0.25) is 11.9 Å². The minimum Gasteiger partial charge on any atom is -0.351 e. The Hall–Kier alpha value is -4.04. The number of nitrogens with one attached hydrogen (secondary N) is 1. The fourth-order valence-electron chi connectivity index (χ4n) is 4.66. The zero-order chi connectivity index (χ0) is 26.0. The van der Waals surface area contributed by atoms with Crippen LogP contribution in [0.3, 0.4) is 0 Å². The molecule has 8 heteroatoms. The van der Waals surface area contributed by atoms with E-state index in [9.17, 15) is 4.79 Å². The van der Waals surface area contributed by atoms with Gasteiger partial charge in [0.1, 0.15) is 5.82 Å². The molecule has 37 heavy (non-hydrogen) atoms. The molecule has 3 N–H and O–H groups in total. The summed E-state index contributed by atoms with van der Waals surface area (Å²) in [6.45, 7) is 7.49. The van der Waals surface area contributed by atoms with Gasteiger partial charge in [-0.3, -0.25) is 14.3 Å². The van der Waals surface area contributed by atoms with Gasteiger partial charge in [0.25, 0.3) is 5.56 Å². The standard InChI is InChI=1S/C29H33N7O/c1-20(17-21-9-7-12-23(18-21)29(2,3)30)32-27-31-14-13-25(34-27)35-15-8-16-36-26(37)19-24(33-28(35)36)22-10-5-4-6-11-22/h4-7,9-14,18-20H,8,15-17,30H2,1-3H3,(H,31,32,34). The molecule has 3 heterocycles. The lowest BCUT2D eigenvalue weighted by Gasteiger charge is -2.30. The van der Waals surface area contributed by atoms with Gasteiger partial charge in [0, 0.05) is 42.5 Å². The van der Waals surface area contributed by atoms with Crippen molar-refractivity contribution in [2.45, 2.75) is 51.7 Å². The van der Waals surface area contributed by atoms with E-state index in [-0.39, 0.29) is 17.1 Å². The summed E-state index contributed by atoms with van der Waals surface area (Å²) in [7, 11) is 0. The van der Waals surface area contributed by atoms with Crippen molar-refractivity contribution in [3.05, 3.63) is 94.4 Å². The summed E-state index contributed by atoms with van der Waals surface area (Å²) >= 11 is 0. The second-order valence-electron chi connectivity index (χ2n) is 10.2. The quantitative estimate of drug-likeness (QED) is 0.390. The average molecular weight is 496 g/mol. The van der Waals surface area contributed by atoms with Crippen LogP contribution < -0.4 is 21.5 Å². The molecule has 0 fully saturated rings. The summed E-state index contributed by atoms with van der Waals surface area (Å²) in [6.07, 6.45) is 3.38. The minimum absolute atomic E-state index is 0.0579. The van der Waals surface area contributed by atoms with Crippen LogP contribution in [0.15, 0.2) is 77.7 Å². The second kappa shape index (κ2) is 10.1. The molecule has 1 aliphatic rings. The Balaban J connectivity index is 1.38. The number of anilines is 3. The first-order valence-electron chi connectivity index (χ1n) is 12.7. The molecular weight excluding hydrogens is 462 g/mol. The van der Waals surface area contributed by atoms with Gasteiger partial charge in [-0.25, -0.2) is 9.97 Å². The summed E-state index contributed by atoms with van der Waals surface area (Å²) in [4.78, 5) is 29.1. The van der Waals surface area contributed by atoms with Crippen LogP contribution >= 0.6 is 0 Å². The lowest BCUT2D eigenvalue weighted by molar-refractivity contribution is 0.553. The van der Waals surface area contributed by atoms with Gasteiger partial charge in [-0.05, 0) is 50.8 Å². The highest BCUT2D eigenvalue weighted by Gasteiger charge is 2.23. The number of nitrogens with two attached hydrogens (primary N) is 1. The fraction of sp³-hybridized carbons (Fsp3) is 0.310. The Morgan fingerprint density at radius 2 is 1.84 bits per heavy atom. The van der Waals surface area contributed by atoms with Crippen molar-refractivity contribution in [2.75, 3.05) is 16.8 Å². The van der Waals surface area contributed by atoms with Gasteiger partial charge in [-0.15, -0.1) is 0 Å². The molecule has 0 saturated carbocycles. The van der Waals surface area contributed by atoms with Crippen molar-refractivity contribution in [3.63, 3.8) is 0 Å². The maximum atomic E-state index is 13.0. The predicted octanol–water partition coefficient (Wildman–Crippen LogP) is 4.48. The number of hydrogen-bond donors (Lipinski definition) is 2. The van der Waals surface area contributed by atoms with E-state index in [4.69, 9.17) is 15.7 Å². The lowest BCUT2D eigenvalue weighted by atomic mass is 9.93. The van der Waals surface area contributed by atoms with E-state index in [2.05, 4.69) is 41.5 Å². The molecule has 0 saturated heterocycles. The number of benzene rings is 2. The third-order valence-electron chi connectivity index (χ3n) is 6.57. The van der Waals surface area contributed by atoms with Gasteiger partial charge >= 0.3 is 0 Å². The van der Waals surface area contributed by atoms with Gasteiger partial charge in [0.05, 0.1) is 5.69 Å². The SMILES string of the molecule is CC(Cc1cccc(C(C)(C)N)c1)Nc1nccc(N2CCCn3c2nc(-c2ccccc2)cc3=O)n1. The molecule has 1 atom stereocenters. The maximum Gasteiger partial charge on any atom is 0.255 e. The first-order chi connectivity index (χ1) is 17.8. The molecular formula is C29H33N7O. The van der Waals surface area contributed by atoms with Crippen molar-refractivity contribution in [2.24, 2.45) is 5.73 Å². The van der Waals surface area contributed by atoms with Crippen LogP contribution in [0.5, 0.6) is 0 Å². The van der Waals surface area contributed by atoms with Gasteiger partial charge < -0.3 is 11.1 Å². The van der Waals surface area contributed by atoms with E-state index in [1.54, 1.807) is 16.8 Å². The van der Waals surface area contributed by atoms with E-state index < -0.39 is 0 Å². The molecule has 2 aromatic carbocycles. The van der Waals surface area contributed by atoms with E-state index in [1.165, 1.54) is 5.56 Å². The summed E-state index contributed by atoms with van der Waals surface area (Å²) in [5.74, 6) is 1.86. The van der Waals surface area contributed by atoms with Crippen LogP contribution in [0.4, 0.5) is 17.7 Å². The van der Waals surface area contributed by atoms with Gasteiger partial charge in [-0.2, -0.15) is 4.98 Å². The minimum atomic E-state index is -0.384. The number of fused-ring (bicyclic) bond motifs is 1. The van der Waals surface area contributed by atoms with Gasteiger partial charge in [-0.1, -0.05) is 54.6 Å². The van der Waals surface area contributed by atoms with E-state index in [0.29, 0.717) is 30.0 Å². The Bertz CT molecular complexity index is 1440. The molecule has 0 amide bonds. The number of nitrogens with zero attached hydrogens (tertiary/aromatic N) is 5. The Kier molecular flexibility index (Phi) is 6.76. The maximum absolute atomic E-state index is 13.0. The molecule has 0 bridgehead atoms. The predicted molar refractivity (Wildman–Crippen MR) is 148 cm³/mol. The first-order valence-corrected chi connectivity index (χ1v) is 12.7. The summed E-state index contributed by atoms with van der Waals surface area (Å²) in [5, 5.41) is 3.43.